The second-order valence-electron chi connectivity index (χ2n) is 11.8. The van der Waals surface area contributed by atoms with Crippen molar-refractivity contribution in [1.82, 2.24) is 14.7 Å². The van der Waals surface area contributed by atoms with Gasteiger partial charge in [0.15, 0.2) is 0 Å². The van der Waals surface area contributed by atoms with Crippen LogP contribution in [-0.4, -0.2) is 33.2 Å². The molecule has 1 aliphatic heterocycles. The summed E-state index contributed by atoms with van der Waals surface area (Å²) in [6.07, 6.45) is 5.34. The van der Waals surface area contributed by atoms with Gasteiger partial charge in [-0.1, -0.05) is 34.6 Å². The lowest BCUT2D eigenvalue weighted by atomic mass is 9.65. The van der Waals surface area contributed by atoms with E-state index in [9.17, 15) is 4.79 Å². The molecule has 0 aromatic carbocycles. The fourth-order valence-electron chi connectivity index (χ4n) is 7.45. The van der Waals surface area contributed by atoms with Crippen molar-refractivity contribution in [3.8, 4) is 0 Å². The second kappa shape index (κ2) is 5.18. The minimum atomic E-state index is 0.318. The number of amides is 1. The molecule has 2 bridgehead atoms. The fraction of sp³-hybridized carbons (Fsp3) is 0.826. The van der Waals surface area contributed by atoms with Crippen LogP contribution in [0.5, 0.6) is 0 Å². The largest absolute Gasteiger partial charge is 0.339 e. The third-order valence-corrected chi connectivity index (χ3v) is 8.33. The van der Waals surface area contributed by atoms with Crippen LogP contribution < -0.4 is 0 Å². The first-order valence-corrected chi connectivity index (χ1v) is 10.9. The number of likely N-dealkylation sites (tertiary alicyclic amines) is 1. The first-order chi connectivity index (χ1) is 12.5. The first kappa shape index (κ1) is 17.8. The van der Waals surface area contributed by atoms with Crippen molar-refractivity contribution in [3.05, 3.63) is 17.0 Å². The van der Waals surface area contributed by atoms with Crippen molar-refractivity contribution < 1.29 is 4.79 Å². The van der Waals surface area contributed by atoms with Crippen LogP contribution in [0.4, 0.5) is 0 Å². The topological polar surface area (TPSA) is 38.1 Å². The molecule has 5 rings (SSSR count). The van der Waals surface area contributed by atoms with Crippen LogP contribution in [0.25, 0.3) is 0 Å². The van der Waals surface area contributed by atoms with E-state index in [0.717, 1.165) is 31.8 Å². The Balaban J connectivity index is 1.28. The molecule has 4 heteroatoms. The average molecular weight is 370 g/mol. The van der Waals surface area contributed by atoms with Gasteiger partial charge in [0.25, 0.3) is 0 Å². The monoisotopic (exact) mass is 369 g/mol. The highest BCUT2D eigenvalue weighted by molar-refractivity contribution is 5.77. The van der Waals surface area contributed by atoms with Gasteiger partial charge in [0.2, 0.25) is 5.91 Å². The van der Waals surface area contributed by atoms with Gasteiger partial charge >= 0.3 is 0 Å². The lowest BCUT2D eigenvalue weighted by molar-refractivity contribution is -0.132. The van der Waals surface area contributed by atoms with Gasteiger partial charge < -0.3 is 4.90 Å². The predicted octanol–water partition coefficient (Wildman–Crippen LogP) is 4.30. The minimum absolute atomic E-state index is 0.318. The van der Waals surface area contributed by atoms with Crippen LogP contribution in [-0.2, 0) is 17.8 Å². The van der Waals surface area contributed by atoms with E-state index in [0.29, 0.717) is 40.5 Å². The zero-order chi connectivity index (χ0) is 19.4. The Labute approximate surface area is 163 Å². The van der Waals surface area contributed by atoms with Gasteiger partial charge in [-0.25, -0.2) is 0 Å². The summed E-state index contributed by atoms with van der Waals surface area (Å²) in [7, 11) is 0. The molecule has 4 aliphatic rings. The number of aromatic nitrogens is 2. The van der Waals surface area contributed by atoms with E-state index in [2.05, 4.69) is 51.1 Å². The lowest BCUT2D eigenvalue weighted by Crippen LogP contribution is -2.38. The quantitative estimate of drug-likeness (QED) is 0.796. The van der Waals surface area contributed by atoms with Gasteiger partial charge in [0, 0.05) is 36.8 Å². The van der Waals surface area contributed by atoms with E-state index in [1.54, 1.807) is 0 Å². The highest BCUT2D eigenvalue weighted by Crippen LogP contribution is 2.70. The molecule has 3 aliphatic carbocycles. The maximum atomic E-state index is 13.1. The smallest absolute Gasteiger partial charge is 0.224 e. The highest BCUT2D eigenvalue weighted by atomic mass is 16.2. The first-order valence-electron chi connectivity index (χ1n) is 10.9. The van der Waals surface area contributed by atoms with Gasteiger partial charge in [-0.2, -0.15) is 5.10 Å². The summed E-state index contributed by atoms with van der Waals surface area (Å²) < 4.78 is 2.17. The molecule has 1 saturated heterocycles. The SMILES string of the molecule is Cc1nn(CCC(=O)N2CC3(C)CC2CC(C)(C)C3)c2c1C1C(C2)C1(C)C. The third-order valence-electron chi connectivity index (χ3n) is 8.33. The molecule has 1 aromatic rings. The van der Waals surface area contributed by atoms with Crippen molar-refractivity contribution >= 4 is 5.91 Å². The maximum Gasteiger partial charge on any atom is 0.224 e. The van der Waals surface area contributed by atoms with Crippen LogP contribution in [0.2, 0.25) is 0 Å². The molecule has 3 fully saturated rings. The molecule has 27 heavy (non-hydrogen) atoms. The fourth-order valence-corrected chi connectivity index (χ4v) is 7.45. The summed E-state index contributed by atoms with van der Waals surface area (Å²) in [5.41, 5.74) is 5.25. The minimum Gasteiger partial charge on any atom is -0.339 e. The number of carbonyl (C=O) groups is 1. The Hall–Kier alpha value is -1.32. The second-order valence-corrected chi connectivity index (χ2v) is 11.8. The van der Waals surface area contributed by atoms with Crippen molar-refractivity contribution in [2.75, 3.05) is 6.54 Å². The standard InChI is InChI=1S/C23H35N3O/c1-14-19-17(9-16-20(19)22(16,4)5)26(24-14)8-7-18(27)25-13-23(6)11-15(25)10-21(2,3)12-23/h15-16,20H,7-13H2,1-6H3. The Morgan fingerprint density at radius 3 is 2.67 bits per heavy atom. The third kappa shape index (κ3) is 2.54. The van der Waals surface area contributed by atoms with E-state index >= 15 is 0 Å². The molecule has 4 atom stereocenters. The molecular formula is C23H35N3O. The van der Waals surface area contributed by atoms with Crippen LogP contribution in [0, 0.1) is 29.1 Å². The number of fused-ring (bicyclic) bond motifs is 5. The molecular weight excluding hydrogens is 334 g/mol. The van der Waals surface area contributed by atoms with Crippen LogP contribution >= 0.6 is 0 Å². The molecule has 4 nitrogen and oxygen atoms in total. The van der Waals surface area contributed by atoms with Gasteiger partial charge in [0.1, 0.15) is 0 Å². The summed E-state index contributed by atoms with van der Waals surface area (Å²) in [4.78, 5) is 15.3. The number of carbonyl (C=O) groups excluding carboxylic acids is 1. The summed E-state index contributed by atoms with van der Waals surface area (Å²) >= 11 is 0. The van der Waals surface area contributed by atoms with Crippen LogP contribution in [0.3, 0.4) is 0 Å². The summed E-state index contributed by atoms with van der Waals surface area (Å²) in [6, 6.07) is 0.449. The van der Waals surface area contributed by atoms with Gasteiger partial charge in [-0.05, 0) is 60.7 Å². The van der Waals surface area contributed by atoms with Crippen LogP contribution in [0.15, 0.2) is 0 Å². The van der Waals surface area contributed by atoms with Gasteiger partial charge in [-0.3, -0.25) is 9.48 Å². The molecule has 148 valence electrons. The number of hydrogen-bond acceptors (Lipinski definition) is 2. The maximum absolute atomic E-state index is 13.1. The van der Waals surface area contributed by atoms with E-state index in [1.807, 2.05) is 0 Å². The molecule has 4 unspecified atom stereocenters. The Morgan fingerprint density at radius 1 is 1.19 bits per heavy atom. The average Bonchev–Trinajstić information content (AvgIpc) is 2.90. The van der Waals surface area contributed by atoms with Crippen molar-refractivity contribution in [3.63, 3.8) is 0 Å². The Kier molecular flexibility index (Phi) is 3.41. The lowest BCUT2D eigenvalue weighted by Gasteiger charge is -2.39. The summed E-state index contributed by atoms with van der Waals surface area (Å²) in [5.74, 6) is 1.84. The van der Waals surface area contributed by atoms with Crippen molar-refractivity contribution in [2.24, 2.45) is 22.2 Å². The zero-order valence-electron chi connectivity index (χ0n) is 17.9. The Morgan fingerprint density at radius 2 is 1.93 bits per heavy atom. The predicted molar refractivity (Wildman–Crippen MR) is 107 cm³/mol. The van der Waals surface area contributed by atoms with E-state index in [-0.39, 0.29) is 0 Å². The highest BCUT2D eigenvalue weighted by Gasteiger charge is 2.63. The van der Waals surface area contributed by atoms with E-state index in [4.69, 9.17) is 5.10 Å². The summed E-state index contributed by atoms with van der Waals surface area (Å²) in [6.45, 7) is 15.7. The molecule has 0 N–H and O–H groups in total. The molecule has 0 spiro atoms. The van der Waals surface area contributed by atoms with Gasteiger partial charge in [-0.15, -0.1) is 0 Å². The Bertz CT molecular complexity index is 820. The molecule has 1 amide bonds. The number of hydrogen-bond donors (Lipinski definition) is 0. The summed E-state index contributed by atoms with van der Waals surface area (Å²) in [5, 5.41) is 4.82. The van der Waals surface area contributed by atoms with Crippen LogP contribution in [0.1, 0.15) is 83.2 Å². The molecule has 2 saturated carbocycles. The van der Waals surface area contributed by atoms with Gasteiger partial charge in [0.05, 0.1) is 5.69 Å². The normalized spacial score (nSPS) is 37.3. The molecule has 2 heterocycles. The zero-order valence-corrected chi connectivity index (χ0v) is 17.9. The van der Waals surface area contributed by atoms with E-state index in [1.165, 1.54) is 29.8 Å². The molecule has 1 aromatic heterocycles. The number of aryl methyl sites for hydroxylation is 2. The number of nitrogens with zero attached hydrogens (tertiary/aromatic N) is 3. The van der Waals surface area contributed by atoms with Crippen molar-refractivity contribution in [2.45, 2.75) is 92.2 Å². The van der Waals surface area contributed by atoms with E-state index < -0.39 is 0 Å². The number of rotatable bonds is 3. The molecule has 0 radical (unpaired) electrons. The van der Waals surface area contributed by atoms with Crippen molar-refractivity contribution in [1.29, 1.82) is 0 Å².